The fourth-order valence-electron chi connectivity index (χ4n) is 1.26. The van der Waals surface area contributed by atoms with Crippen LogP contribution in [0.3, 0.4) is 0 Å². The van der Waals surface area contributed by atoms with Gasteiger partial charge in [0.05, 0.1) is 12.6 Å². The van der Waals surface area contributed by atoms with Gasteiger partial charge in [-0.05, 0) is 26.0 Å². The van der Waals surface area contributed by atoms with Gasteiger partial charge in [-0.15, -0.1) is 0 Å². The molecular formula is C10H15NO4. The maximum Gasteiger partial charge on any atom is 0.371 e. The molecule has 0 saturated heterocycles. The maximum absolute atomic E-state index is 10.6. The van der Waals surface area contributed by atoms with E-state index >= 15 is 0 Å². The molecule has 0 spiro atoms. The van der Waals surface area contributed by atoms with Gasteiger partial charge in [0.25, 0.3) is 0 Å². The minimum Gasteiger partial charge on any atom is -0.475 e. The first kappa shape index (κ1) is 11.7. The molecule has 1 aromatic heterocycles. The monoisotopic (exact) mass is 213 g/mol. The average molecular weight is 213 g/mol. The van der Waals surface area contributed by atoms with E-state index in [1.807, 2.05) is 13.8 Å². The summed E-state index contributed by atoms with van der Waals surface area (Å²) in [7, 11) is 0. The number of hydrogen-bond donors (Lipinski definition) is 3. The Balaban J connectivity index is 2.65. The lowest BCUT2D eigenvalue weighted by atomic mass is 10.2. The number of furan rings is 1. The van der Waals surface area contributed by atoms with Crippen LogP contribution in [0.25, 0.3) is 0 Å². The summed E-state index contributed by atoms with van der Waals surface area (Å²) < 4.78 is 5.11. The molecule has 2 unspecified atom stereocenters. The van der Waals surface area contributed by atoms with E-state index in [0.717, 1.165) is 0 Å². The van der Waals surface area contributed by atoms with E-state index in [-0.39, 0.29) is 24.5 Å². The van der Waals surface area contributed by atoms with Crippen molar-refractivity contribution in [3.05, 3.63) is 23.7 Å². The van der Waals surface area contributed by atoms with Crippen molar-refractivity contribution < 1.29 is 19.4 Å². The molecule has 0 aliphatic heterocycles. The van der Waals surface area contributed by atoms with E-state index in [2.05, 4.69) is 5.32 Å². The maximum atomic E-state index is 10.6. The normalized spacial score (nSPS) is 14.9. The molecule has 0 bridgehead atoms. The van der Waals surface area contributed by atoms with Crippen molar-refractivity contribution in [1.29, 1.82) is 0 Å². The highest BCUT2D eigenvalue weighted by molar-refractivity contribution is 5.84. The van der Waals surface area contributed by atoms with E-state index < -0.39 is 5.97 Å². The number of aliphatic hydroxyl groups is 1. The predicted molar refractivity (Wildman–Crippen MR) is 53.8 cm³/mol. The molecule has 3 N–H and O–H groups in total. The number of carboxylic acid groups (broad SMARTS) is 1. The summed E-state index contributed by atoms with van der Waals surface area (Å²) in [5.74, 6) is -0.605. The summed E-state index contributed by atoms with van der Waals surface area (Å²) in [6, 6.07) is 2.85. The Morgan fingerprint density at radius 2 is 2.20 bits per heavy atom. The number of nitrogens with one attached hydrogen (secondary N) is 1. The van der Waals surface area contributed by atoms with E-state index in [1.54, 1.807) is 6.07 Å². The Labute approximate surface area is 87.7 Å². The molecule has 0 amide bonds. The fourth-order valence-corrected chi connectivity index (χ4v) is 1.26. The first-order chi connectivity index (χ1) is 7.04. The molecule has 0 aromatic carbocycles. The summed E-state index contributed by atoms with van der Waals surface area (Å²) in [5, 5.41) is 20.6. The molecule has 0 fully saturated rings. The van der Waals surface area contributed by atoms with Crippen molar-refractivity contribution in [3.8, 4) is 0 Å². The predicted octanol–water partition coefficient (Wildman–Crippen LogP) is 1.01. The number of carbonyl (C=O) groups is 1. The molecule has 0 radical (unpaired) electrons. The van der Waals surface area contributed by atoms with E-state index in [4.69, 9.17) is 14.6 Å². The van der Waals surface area contributed by atoms with Gasteiger partial charge in [0, 0.05) is 6.04 Å². The van der Waals surface area contributed by atoms with Crippen LogP contribution in [0.1, 0.15) is 36.2 Å². The van der Waals surface area contributed by atoms with Gasteiger partial charge in [-0.1, -0.05) is 0 Å². The zero-order valence-corrected chi connectivity index (χ0v) is 8.73. The third-order valence-electron chi connectivity index (χ3n) is 2.07. The quantitative estimate of drug-likeness (QED) is 0.680. The van der Waals surface area contributed by atoms with Crippen LogP contribution in [0.15, 0.2) is 16.5 Å². The van der Waals surface area contributed by atoms with Crippen LogP contribution in [-0.2, 0) is 0 Å². The van der Waals surface area contributed by atoms with Gasteiger partial charge < -0.3 is 19.9 Å². The summed E-state index contributed by atoms with van der Waals surface area (Å²) in [6.45, 7) is 3.70. The van der Waals surface area contributed by atoms with Gasteiger partial charge in [0.2, 0.25) is 5.76 Å². The van der Waals surface area contributed by atoms with Crippen molar-refractivity contribution in [1.82, 2.24) is 5.32 Å². The summed E-state index contributed by atoms with van der Waals surface area (Å²) in [5.41, 5.74) is 0. The fraction of sp³-hybridized carbons (Fsp3) is 0.500. The zero-order chi connectivity index (χ0) is 11.4. The van der Waals surface area contributed by atoms with Gasteiger partial charge in [0.15, 0.2) is 0 Å². The first-order valence-electron chi connectivity index (χ1n) is 4.74. The highest BCUT2D eigenvalue weighted by Crippen LogP contribution is 2.16. The lowest BCUT2D eigenvalue weighted by Crippen LogP contribution is -2.31. The molecule has 1 aromatic rings. The molecule has 0 aliphatic carbocycles. The molecule has 0 saturated carbocycles. The highest BCUT2D eigenvalue weighted by atomic mass is 16.4. The second-order valence-corrected chi connectivity index (χ2v) is 3.48. The number of hydrogen-bond acceptors (Lipinski definition) is 4. The molecule has 1 rings (SSSR count). The minimum absolute atomic E-state index is 0.0246. The molecule has 15 heavy (non-hydrogen) atoms. The molecule has 5 heteroatoms. The SMILES string of the molecule is CC(CO)NC(C)c1ccc(C(=O)O)o1. The largest absolute Gasteiger partial charge is 0.475 e. The number of aliphatic hydroxyl groups excluding tert-OH is 1. The van der Waals surface area contributed by atoms with Crippen LogP contribution in [0.2, 0.25) is 0 Å². The average Bonchev–Trinajstić information content (AvgIpc) is 2.66. The van der Waals surface area contributed by atoms with Crippen LogP contribution in [0, 0.1) is 0 Å². The number of carboxylic acids is 1. The minimum atomic E-state index is -1.08. The highest BCUT2D eigenvalue weighted by Gasteiger charge is 2.15. The lowest BCUT2D eigenvalue weighted by Gasteiger charge is -2.15. The van der Waals surface area contributed by atoms with Crippen LogP contribution >= 0.6 is 0 Å². The Morgan fingerprint density at radius 1 is 1.53 bits per heavy atom. The van der Waals surface area contributed by atoms with Gasteiger partial charge in [-0.2, -0.15) is 0 Å². The Hall–Kier alpha value is -1.33. The summed E-state index contributed by atoms with van der Waals surface area (Å²) in [4.78, 5) is 10.6. The van der Waals surface area contributed by atoms with Crippen LogP contribution in [0.5, 0.6) is 0 Å². The van der Waals surface area contributed by atoms with Gasteiger partial charge in [0.1, 0.15) is 5.76 Å². The first-order valence-corrected chi connectivity index (χ1v) is 4.74. The molecule has 2 atom stereocenters. The number of rotatable bonds is 5. The Kier molecular flexibility index (Phi) is 3.88. The second-order valence-electron chi connectivity index (χ2n) is 3.48. The van der Waals surface area contributed by atoms with E-state index in [1.165, 1.54) is 6.07 Å². The van der Waals surface area contributed by atoms with E-state index in [9.17, 15) is 4.79 Å². The lowest BCUT2D eigenvalue weighted by molar-refractivity contribution is 0.0659. The second kappa shape index (κ2) is 4.95. The molecule has 5 nitrogen and oxygen atoms in total. The third kappa shape index (κ3) is 3.07. The van der Waals surface area contributed by atoms with Crippen molar-refractivity contribution in [2.45, 2.75) is 25.9 Å². The van der Waals surface area contributed by atoms with Crippen molar-refractivity contribution in [3.63, 3.8) is 0 Å². The standard InChI is InChI=1S/C10H15NO4/c1-6(5-12)11-7(2)8-3-4-9(15-8)10(13)14/h3-4,6-7,11-12H,5H2,1-2H3,(H,13,14). The van der Waals surface area contributed by atoms with E-state index in [0.29, 0.717) is 5.76 Å². The van der Waals surface area contributed by atoms with Gasteiger partial charge in [-0.3, -0.25) is 0 Å². The molecule has 1 heterocycles. The molecule has 0 aliphatic rings. The van der Waals surface area contributed by atoms with Crippen LogP contribution in [-0.4, -0.2) is 28.8 Å². The van der Waals surface area contributed by atoms with Gasteiger partial charge >= 0.3 is 5.97 Å². The Bertz CT molecular complexity index is 334. The third-order valence-corrected chi connectivity index (χ3v) is 2.07. The number of aromatic carboxylic acids is 1. The van der Waals surface area contributed by atoms with Crippen LogP contribution < -0.4 is 5.32 Å². The van der Waals surface area contributed by atoms with Crippen LogP contribution in [0.4, 0.5) is 0 Å². The van der Waals surface area contributed by atoms with Crippen molar-refractivity contribution in [2.24, 2.45) is 0 Å². The Morgan fingerprint density at radius 3 is 2.67 bits per heavy atom. The topological polar surface area (TPSA) is 82.7 Å². The summed E-state index contributed by atoms with van der Waals surface area (Å²) >= 11 is 0. The molecular weight excluding hydrogens is 198 g/mol. The smallest absolute Gasteiger partial charge is 0.371 e. The van der Waals surface area contributed by atoms with Crippen molar-refractivity contribution >= 4 is 5.97 Å². The summed E-state index contributed by atoms with van der Waals surface area (Å²) in [6.07, 6.45) is 0. The van der Waals surface area contributed by atoms with Gasteiger partial charge in [-0.25, -0.2) is 4.79 Å². The van der Waals surface area contributed by atoms with Crippen molar-refractivity contribution in [2.75, 3.05) is 6.61 Å². The molecule has 84 valence electrons. The zero-order valence-electron chi connectivity index (χ0n) is 8.73.